The van der Waals surface area contributed by atoms with Gasteiger partial charge in [0.2, 0.25) is 0 Å². The third-order valence-electron chi connectivity index (χ3n) is 2.85. The lowest BCUT2D eigenvalue weighted by Gasteiger charge is -2.20. The minimum atomic E-state index is -2.44. The van der Waals surface area contributed by atoms with Crippen molar-refractivity contribution in [2.75, 3.05) is 19.8 Å². The first-order valence-corrected chi connectivity index (χ1v) is 6.40. The summed E-state index contributed by atoms with van der Waals surface area (Å²) in [5, 5.41) is 3.26. The largest absolute Gasteiger partial charge is 0.375 e. The summed E-state index contributed by atoms with van der Waals surface area (Å²) < 4.78 is 41.9. The minimum absolute atomic E-state index is 0.0109. The van der Waals surface area contributed by atoms with Gasteiger partial charge in [-0.2, -0.15) is 0 Å². The summed E-state index contributed by atoms with van der Waals surface area (Å²) in [7, 11) is 0. The van der Waals surface area contributed by atoms with Crippen molar-refractivity contribution in [2.24, 2.45) is 0 Å². The Morgan fingerprint density at radius 2 is 2.05 bits per heavy atom. The molecule has 0 heterocycles. The molecule has 0 aromatic heterocycles. The smallest absolute Gasteiger partial charge is 0.261 e. The fourth-order valence-electron chi connectivity index (χ4n) is 2.02. The van der Waals surface area contributed by atoms with Crippen LogP contribution in [0.5, 0.6) is 0 Å². The Kier molecular flexibility index (Phi) is 6.87. The summed E-state index contributed by atoms with van der Waals surface area (Å²) in [6.07, 6.45) is -1.86. The number of hydrogen-bond acceptors (Lipinski definition) is 2. The SMILES string of the molecule is CCNC(CCOCC(F)F)c1ccc(F)cc1C. The zero-order valence-electron chi connectivity index (χ0n) is 11.3. The van der Waals surface area contributed by atoms with E-state index >= 15 is 0 Å². The van der Waals surface area contributed by atoms with Crippen LogP contribution < -0.4 is 5.32 Å². The fourth-order valence-corrected chi connectivity index (χ4v) is 2.02. The van der Waals surface area contributed by atoms with Crippen LogP contribution >= 0.6 is 0 Å². The summed E-state index contributed by atoms with van der Waals surface area (Å²) in [4.78, 5) is 0. The lowest BCUT2D eigenvalue weighted by atomic mass is 9.99. The van der Waals surface area contributed by atoms with Crippen LogP contribution in [-0.2, 0) is 4.74 Å². The van der Waals surface area contributed by atoms with Gasteiger partial charge >= 0.3 is 0 Å². The molecule has 2 nitrogen and oxygen atoms in total. The number of alkyl halides is 2. The highest BCUT2D eigenvalue weighted by Crippen LogP contribution is 2.21. The van der Waals surface area contributed by atoms with Crippen LogP contribution in [0.4, 0.5) is 13.2 Å². The molecule has 1 rings (SSSR count). The molecule has 0 amide bonds. The Labute approximate surface area is 112 Å². The fraction of sp³-hybridized carbons (Fsp3) is 0.571. The molecule has 5 heteroatoms. The molecule has 1 aromatic rings. The van der Waals surface area contributed by atoms with E-state index in [2.05, 4.69) is 5.32 Å². The Morgan fingerprint density at radius 3 is 2.63 bits per heavy atom. The Balaban J connectivity index is 2.60. The zero-order chi connectivity index (χ0) is 14.3. The number of hydrogen-bond donors (Lipinski definition) is 1. The molecular formula is C14H20F3NO. The van der Waals surface area contributed by atoms with Crippen molar-refractivity contribution in [1.29, 1.82) is 0 Å². The second-order valence-electron chi connectivity index (χ2n) is 4.37. The molecule has 0 saturated heterocycles. The van der Waals surface area contributed by atoms with E-state index in [1.807, 2.05) is 13.8 Å². The van der Waals surface area contributed by atoms with Crippen LogP contribution in [0.25, 0.3) is 0 Å². The first kappa shape index (κ1) is 16.0. The summed E-state index contributed by atoms with van der Waals surface area (Å²) >= 11 is 0. The van der Waals surface area contributed by atoms with E-state index in [0.29, 0.717) is 6.42 Å². The van der Waals surface area contributed by atoms with Gasteiger partial charge in [-0.05, 0) is 43.1 Å². The van der Waals surface area contributed by atoms with E-state index in [9.17, 15) is 13.2 Å². The van der Waals surface area contributed by atoms with E-state index in [1.54, 1.807) is 6.07 Å². The van der Waals surface area contributed by atoms with Gasteiger partial charge in [0, 0.05) is 12.6 Å². The van der Waals surface area contributed by atoms with Crippen LogP contribution in [-0.4, -0.2) is 26.2 Å². The van der Waals surface area contributed by atoms with Crippen molar-refractivity contribution in [3.05, 3.63) is 35.1 Å². The Morgan fingerprint density at radius 1 is 1.32 bits per heavy atom. The molecule has 0 fully saturated rings. The molecule has 1 atom stereocenters. The number of rotatable bonds is 8. The molecule has 108 valence electrons. The number of benzene rings is 1. The average molecular weight is 275 g/mol. The van der Waals surface area contributed by atoms with Gasteiger partial charge in [0.1, 0.15) is 12.4 Å². The van der Waals surface area contributed by atoms with Crippen molar-refractivity contribution in [3.8, 4) is 0 Å². The number of ether oxygens (including phenoxy) is 1. The van der Waals surface area contributed by atoms with E-state index in [4.69, 9.17) is 4.74 Å². The quantitative estimate of drug-likeness (QED) is 0.734. The molecular weight excluding hydrogens is 255 g/mol. The maximum absolute atomic E-state index is 13.1. The minimum Gasteiger partial charge on any atom is -0.375 e. The molecule has 0 aliphatic rings. The number of aryl methyl sites for hydroxylation is 1. The van der Waals surface area contributed by atoms with Crippen LogP contribution in [0, 0.1) is 12.7 Å². The summed E-state index contributed by atoms with van der Waals surface area (Å²) in [5.41, 5.74) is 1.82. The predicted molar refractivity (Wildman–Crippen MR) is 69.0 cm³/mol. The lowest BCUT2D eigenvalue weighted by Crippen LogP contribution is -2.23. The highest BCUT2D eigenvalue weighted by molar-refractivity contribution is 5.29. The first-order valence-electron chi connectivity index (χ1n) is 6.40. The third-order valence-corrected chi connectivity index (χ3v) is 2.85. The zero-order valence-corrected chi connectivity index (χ0v) is 11.3. The van der Waals surface area contributed by atoms with Gasteiger partial charge in [0.05, 0.1) is 0 Å². The van der Waals surface area contributed by atoms with Gasteiger partial charge in [-0.25, -0.2) is 13.2 Å². The molecule has 0 aliphatic heterocycles. The summed E-state index contributed by atoms with van der Waals surface area (Å²) in [5.74, 6) is -0.273. The molecule has 0 saturated carbocycles. The van der Waals surface area contributed by atoms with Crippen LogP contribution in [0.3, 0.4) is 0 Å². The maximum atomic E-state index is 13.1. The number of nitrogens with one attached hydrogen (secondary N) is 1. The molecule has 1 aromatic carbocycles. The van der Waals surface area contributed by atoms with Crippen LogP contribution in [0.2, 0.25) is 0 Å². The van der Waals surface area contributed by atoms with Crippen molar-refractivity contribution >= 4 is 0 Å². The molecule has 0 radical (unpaired) electrons. The molecule has 0 aliphatic carbocycles. The molecule has 1 unspecified atom stereocenters. The van der Waals surface area contributed by atoms with E-state index in [-0.39, 0.29) is 18.5 Å². The summed E-state index contributed by atoms with van der Waals surface area (Å²) in [6, 6.07) is 4.60. The second-order valence-corrected chi connectivity index (χ2v) is 4.37. The first-order chi connectivity index (χ1) is 9.04. The predicted octanol–water partition coefficient (Wildman–Crippen LogP) is 3.46. The summed E-state index contributed by atoms with van der Waals surface area (Å²) in [6.45, 7) is 4.25. The van der Waals surface area contributed by atoms with Gasteiger partial charge in [-0.3, -0.25) is 0 Å². The van der Waals surface area contributed by atoms with E-state index in [0.717, 1.165) is 17.7 Å². The molecule has 19 heavy (non-hydrogen) atoms. The Bertz CT molecular complexity index is 385. The van der Waals surface area contributed by atoms with E-state index < -0.39 is 13.0 Å². The Hall–Kier alpha value is -1.07. The standard InChI is InChI=1S/C14H20F3NO/c1-3-18-13(6-7-19-9-14(16)17)12-5-4-11(15)8-10(12)2/h4-5,8,13-14,18H,3,6-7,9H2,1-2H3. The molecule has 1 N–H and O–H groups in total. The monoisotopic (exact) mass is 275 g/mol. The van der Waals surface area contributed by atoms with Crippen molar-refractivity contribution < 1.29 is 17.9 Å². The lowest BCUT2D eigenvalue weighted by molar-refractivity contribution is 0.0144. The second kappa shape index (κ2) is 8.17. The average Bonchev–Trinajstić information content (AvgIpc) is 2.33. The normalized spacial score (nSPS) is 12.9. The van der Waals surface area contributed by atoms with Gasteiger partial charge in [-0.15, -0.1) is 0 Å². The van der Waals surface area contributed by atoms with E-state index in [1.165, 1.54) is 12.1 Å². The van der Waals surface area contributed by atoms with Crippen LogP contribution in [0.15, 0.2) is 18.2 Å². The van der Waals surface area contributed by atoms with Gasteiger partial charge in [0.25, 0.3) is 6.43 Å². The van der Waals surface area contributed by atoms with Gasteiger partial charge in [0.15, 0.2) is 0 Å². The van der Waals surface area contributed by atoms with Crippen LogP contribution in [0.1, 0.15) is 30.5 Å². The van der Waals surface area contributed by atoms with Crippen molar-refractivity contribution in [1.82, 2.24) is 5.32 Å². The van der Waals surface area contributed by atoms with Gasteiger partial charge < -0.3 is 10.1 Å². The third kappa shape index (κ3) is 5.61. The highest BCUT2D eigenvalue weighted by atomic mass is 19.3. The van der Waals surface area contributed by atoms with Crippen molar-refractivity contribution in [2.45, 2.75) is 32.7 Å². The maximum Gasteiger partial charge on any atom is 0.261 e. The van der Waals surface area contributed by atoms with Crippen molar-refractivity contribution in [3.63, 3.8) is 0 Å². The highest BCUT2D eigenvalue weighted by Gasteiger charge is 2.13. The molecule has 0 bridgehead atoms. The molecule has 0 spiro atoms. The van der Waals surface area contributed by atoms with Gasteiger partial charge in [-0.1, -0.05) is 13.0 Å². The topological polar surface area (TPSA) is 21.3 Å². The number of halogens is 3.